The van der Waals surface area contributed by atoms with Crippen LogP contribution in [0.25, 0.3) is 5.57 Å². The van der Waals surface area contributed by atoms with E-state index in [1.54, 1.807) is 48.5 Å². The van der Waals surface area contributed by atoms with Crippen molar-refractivity contribution in [1.29, 1.82) is 5.41 Å². The van der Waals surface area contributed by atoms with Crippen molar-refractivity contribution in [2.75, 3.05) is 0 Å². The van der Waals surface area contributed by atoms with E-state index < -0.39 is 5.95 Å². The summed E-state index contributed by atoms with van der Waals surface area (Å²) in [6.07, 6.45) is 0. The van der Waals surface area contributed by atoms with Crippen LogP contribution in [0.15, 0.2) is 65.0 Å². The molecule has 0 heterocycles. The Balaban J connectivity index is 0.00000200. The van der Waals surface area contributed by atoms with Crippen LogP contribution >= 0.6 is 32.9 Å². The van der Waals surface area contributed by atoms with E-state index in [9.17, 15) is 10.2 Å². The van der Waals surface area contributed by atoms with Gasteiger partial charge in [-0.25, -0.2) is 0 Å². The number of nitrogens with one attached hydrogen (secondary N) is 1. The van der Waals surface area contributed by atoms with Crippen LogP contribution in [0, 0.1) is 5.41 Å². The largest absolute Gasteiger partial charge is 2.00 e. The summed E-state index contributed by atoms with van der Waals surface area (Å²) in [5, 5.41) is 30.8. The summed E-state index contributed by atoms with van der Waals surface area (Å²) in [4.78, 5) is 0. The molecule has 0 aromatic heterocycles. The van der Waals surface area contributed by atoms with Gasteiger partial charge in [-0.3, -0.25) is 5.41 Å². The number of benzene rings is 2. The number of hydrogen-bond donors (Lipinski definition) is 1. The third-order valence-electron chi connectivity index (χ3n) is 2.66. The van der Waals surface area contributed by atoms with Crippen molar-refractivity contribution in [3.05, 3.63) is 76.1 Å². The first-order valence-corrected chi connectivity index (χ1v) is 6.38. The van der Waals surface area contributed by atoms with E-state index >= 15 is 0 Å². The third-order valence-corrected chi connectivity index (χ3v) is 3.35. The van der Waals surface area contributed by atoms with E-state index in [1.165, 1.54) is 0 Å². The fourth-order valence-electron chi connectivity index (χ4n) is 1.76. The summed E-state index contributed by atoms with van der Waals surface area (Å²) in [5.74, 6) is -1.36. The van der Waals surface area contributed by atoms with Gasteiger partial charge in [0.15, 0.2) is 0 Å². The maximum absolute atomic E-state index is 11.4. The molecule has 3 nitrogen and oxygen atoms in total. The average molecular weight is 462 g/mol. The van der Waals surface area contributed by atoms with Gasteiger partial charge in [0.05, 0.1) is 5.71 Å². The molecule has 0 bridgehead atoms. The first-order valence-electron chi connectivity index (χ1n) is 5.59. The Morgan fingerprint density at radius 3 is 1.95 bits per heavy atom. The molecule has 6 heteroatoms. The smallest absolute Gasteiger partial charge is 0.883 e. The second-order valence-electron chi connectivity index (χ2n) is 3.88. The quantitative estimate of drug-likeness (QED) is 0.433. The molecule has 21 heavy (non-hydrogen) atoms. The molecule has 0 saturated heterocycles. The zero-order valence-corrected chi connectivity index (χ0v) is 17.3. The van der Waals surface area contributed by atoms with Crippen molar-refractivity contribution < 1.29 is 29.7 Å². The zero-order valence-electron chi connectivity index (χ0n) is 11.0. The van der Waals surface area contributed by atoms with Gasteiger partial charge < -0.3 is 10.2 Å². The molecule has 0 saturated carbocycles. The summed E-state index contributed by atoms with van der Waals surface area (Å²) >= 11 is 3.30. The molecule has 2 aromatic carbocycles. The van der Waals surface area contributed by atoms with Crippen LogP contribution in [0.4, 0.5) is 0 Å². The van der Waals surface area contributed by atoms with E-state index in [4.69, 9.17) is 5.41 Å². The van der Waals surface area contributed by atoms with Crippen LogP contribution in [0.2, 0.25) is 0 Å². The molecule has 0 spiro atoms. The molecule has 0 fully saturated rings. The Morgan fingerprint density at radius 2 is 1.43 bits per heavy atom. The topological polar surface area (TPSA) is 70.0 Å². The minimum Gasteiger partial charge on any atom is -0.883 e. The second kappa shape index (κ2) is 9.13. The molecule has 0 aliphatic rings. The second-order valence-corrected chi connectivity index (χ2v) is 4.74. The number of rotatable bonds is 3. The Morgan fingerprint density at radius 1 is 0.905 bits per heavy atom. The van der Waals surface area contributed by atoms with Crippen LogP contribution in [-0.4, -0.2) is 5.71 Å². The van der Waals surface area contributed by atoms with Crippen LogP contribution < -0.4 is 10.2 Å². The number of allylic oxidation sites excluding steroid dienone is 1. The third kappa shape index (κ3) is 4.77. The van der Waals surface area contributed by atoms with Gasteiger partial charge >= 0.3 is 19.5 Å². The molecule has 2 aromatic rings. The van der Waals surface area contributed by atoms with Gasteiger partial charge in [0.1, 0.15) is 0 Å². The van der Waals surface area contributed by atoms with Gasteiger partial charge in [0, 0.05) is 4.47 Å². The summed E-state index contributed by atoms with van der Waals surface area (Å²) in [6.45, 7) is 0. The van der Waals surface area contributed by atoms with E-state index in [0.29, 0.717) is 15.6 Å². The molecular formula is C15H11Br2NO2Zn. The van der Waals surface area contributed by atoms with Crippen molar-refractivity contribution in [2.45, 2.75) is 0 Å². The van der Waals surface area contributed by atoms with Crippen molar-refractivity contribution in [1.82, 2.24) is 0 Å². The summed E-state index contributed by atoms with van der Waals surface area (Å²) in [7, 11) is 0. The first kappa shape index (κ1) is 20.0. The molecule has 1 N–H and O–H groups in total. The minimum atomic E-state index is -1.36. The molecule has 0 unspecified atom stereocenters. The predicted molar refractivity (Wildman–Crippen MR) is 84.7 cm³/mol. The van der Waals surface area contributed by atoms with Crippen molar-refractivity contribution >= 4 is 44.2 Å². The molecule has 0 aliphatic carbocycles. The predicted octanol–water partition coefficient (Wildman–Crippen LogP) is 2.48. The molecular weight excluding hydrogens is 451 g/mol. The fraction of sp³-hybridized carbons (Fsp3) is 0. The average Bonchev–Trinajstić information content (AvgIpc) is 2.42. The van der Waals surface area contributed by atoms with E-state index in [-0.39, 0.29) is 47.7 Å². The fourth-order valence-corrected chi connectivity index (χ4v) is 2.24. The summed E-state index contributed by atoms with van der Waals surface area (Å²) in [6, 6.07) is 15.6. The Bertz CT molecular complexity index is 641. The molecule has 0 aliphatic heterocycles. The van der Waals surface area contributed by atoms with E-state index in [0.717, 1.165) is 0 Å². The normalized spacial score (nSPS) is 9.00. The molecule has 2 rings (SSSR count). The van der Waals surface area contributed by atoms with Gasteiger partial charge in [-0.15, -0.1) is 17.0 Å². The van der Waals surface area contributed by atoms with Gasteiger partial charge in [-0.2, -0.15) is 5.95 Å². The number of halogens is 2. The summed E-state index contributed by atoms with van der Waals surface area (Å²) < 4.78 is 0.620. The maximum atomic E-state index is 11.4. The molecule has 0 atom stereocenters. The van der Waals surface area contributed by atoms with Crippen LogP contribution in [-0.2, 0) is 19.5 Å². The van der Waals surface area contributed by atoms with Crippen LogP contribution in [0.1, 0.15) is 11.1 Å². The SMILES string of the molecule is Br.N=C(C(=C([O-])[O-])c1ccccc1Br)c1ccccc1.[Zn+2]. The van der Waals surface area contributed by atoms with Gasteiger partial charge in [-0.05, 0) is 22.8 Å². The Labute approximate surface area is 154 Å². The van der Waals surface area contributed by atoms with E-state index in [1.807, 2.05) is 6.07 Å². The van der Waals surface area contributed by atoms with E-state index in [2.05, 4.69) is 15.9 Å². The molecule has 0 amide bonds. The van der Waals surface area contributed by atoms with Crippen LogP contribution in [0.3, 0.4) is 0 Å². The van der Waals surface area contributed by atoms with Gasteiger partial charge in [0.2, 0.25) is 0 Å². The Hall–Kier alpha value is -0.967. The first-order chi connectivity index (χ1) is 9.11. The number of hydrogen-bond acceptors (Lipinski definition) is 3. The Kier molecular flexibility index (Phi) is 8.71. The summed E-state index contributed by atoms with van der Waals surface area (Å²) in [5.41, 5.74) is 0.792. The van der Waals surface area contributed by atoms with Gasteiger partial charge in [-0.1, -0.05) is 64.5 Å². The monoisotopic (exact) mass is 459 g/mol. The van der Waals surface area contributed by atoms with Crippen molar-refractivity contribution in [3.63, 3.8) is 0 Å². The molecule has 104 valence electrons. The standard InChI is InChI=1S/C15H12BrNO2.BrH.Zn/c16-12-9-5-4-8-11(12)13(15(18)19)14(17)10-6-2-1-3-7-10;;/h1-9,17-19H;1H;/q;;+2/p-2. The minimum absolute atomic E-state index is 0. The van der Waals surface area contributed by atoms with Crippen molar-refractivity contribution in [2.24, 2.45) is 0 Å². The molecule has 0 radical (unpaired) electrons. The van der Waals surface area contributed by atoms with Crippen molar-refractivity contribution in [3.8, 4) is 0 Å². The van der Waals surface area contributed by atoms with Gasteiger partial charge in [0.25, 0.3) is 0 Å². The van der Waals surface area contributed by atoms with Crippen LogP contribution in [0.5, 0.6) is 0 Å². The maximum Gasteiger partial charge on any atom is 2.00 e. The zero-order chi connectivity index (χ0) is 13.8.